The Bertz CT molecular complexity index is 466. The van der Waals surface area contributed by atoms with E-state index in [4.69, 9.17) is 16.3 Å². The van der Waals surface area contributed by atoms with Gasteiger partial charge in [0.25, 0.3) is 5.91 Å². The lowest BCUT2D eigenvalue weighted by Gasteiger charge is -2.37. The third kappa shape index (κ3) is 2.10. The summed E-state index contributed by atoms with van der Waals surface area (Å²) >= 11 is 5.83. The minimum Gasteiger partial charge on any atom is -0.374 e. The van der Waals surface area contributed by atoms with E-state index in [0.717, 1.165) is 19.3 Å². The lowest BCUT2D eigenvalue weighted by atomic mass is 10.1. The molecule has 0 aromatic carbocycles. The molecule has 1 amide bonds. The zero-order valence-electron chi connectivity index (χ0n) is 10.0. The molecule has 2 aliphatic rings. The summed E-state index contributed by atoms with van der Waals surface area (Å²) in [5.41, 5.74) is 0.613. The van der Waals surface area contributed by atoms with Crippen molar-refractivity contribution < 1.29 is 9.53 Å². The van der Waals surface area contributed by atoms with Crippen molar-refractivity contribution in [2.75, 3.05) is 13.2 Å². The summed E-state index contributed by atoms with van der Waals surface area (Å²) in [5.74, 6) is 0.0412. The molecule has 4 nitrogen and oxygen atoms in total. The van der Waals surface area contributed by atoms with E-state index in [1.54, 1.807) is 18.3 Å². The molecule has 0 radical (unpaired) electrons. The summed E-state index contributed by atoms with van der Waals surface area (Å²) in [6.45, 7) is 1.30. The first-order valence-electron chi connectivity index (χ1n) is 6.30. The maximum absolute atomic E-state index is 12.5. The fourth-order valence-electron chi connectivity index (χ4n) is 2.88. The molecule has 18 heavy (non-hydrogen) atoms. The highest BCUT2D eigenvalue weighted by atomic mass is 35.5. The van der Waals surface area contributed by atoms with Crippen molar-refractivity contribution >= 4 is 17.5 Å². The average molecular weight is 267 g/mol. The molecule has 1 aliphatic carbocycles. The van der Waals surface area contributed by atoms with Crippen molar-refractivity contribution in [3.8, 4) is 0 Å². The van der Waals surface area contributed by atoms with Crippen LogP contribution in [-0.4, -0.2) is 41.1 Å². The van der Waals surface area contributed by atoms with Gasteiger partial charge in [-0.15, -0.1) is 0 Å². The van der Waals surface area contributed by atoms with E-state index < -0.39 is 0 Å². The number of nitrogens with zero attached hydrogens (tertiary/aromatic N) is 2. The van der Waals surface area contributed by atoms with Crippen molar-refractivity contribution in [3.05, 3.63) is 29.0 Å². The van der Waals surface area contributed by atoms with E-state index in [1.165, 1.54) is 0 Å². The minimum absolute atomic E-state index is 0.0412. The summed E-state index contributed by atoms with van der Waals surface area (Å²) in [6, 6.07) is 3.58. The summed E-state index contributed by atoms with van der Waals surface area (Å²) in [6.07, 6.45) is 5.03. The SMILES string of the molecule is O=C(c1ccnc(Cl)c1)N1CCOC2CCCC21. The highest BCUT2D eigenvalue weighted by molar-refractivity contribution is 6.29. The van der Waals surface area contributed by atoms with Crippen LogP contribution in [0.25, 0.3) is 0 Å². The Labute approximate surface area is 111 Å². The Morgan fingerprint density at radius 2 is 2.39 bits per heavy atom. The molecule has 2 atom stereocenters. The van der Waals surface area contributed by atoms with Gasteiger partial charge in [-0.2, -0.15) is 0 Å². The fourth-order valence-corrected chi connectivity index (χ4v) is 3.05. The molecule has 96 valence electrons. The third-order valence-electron chi connectivity index (χ3n) is 3.72. The van der Waals surface area contributed by atoms with Gasteiger partial charge in [-0.25, -0.2) is 4.98 Å². The van der Waals surface area contributed by atoms with Gasteiger partial charge in [0.05, 0.1) is 18.8 Å². The van der Waals surface area contributed by atoms with Crippen LogP contribution in [0.1, 0.15) is 29.6 Å². The zero-order valence-corrected chi connectivity index (χ0v) is 10.8. The molecule has 1 aromatic rings. The first-order chi connectivity index (χ1) is 8.75. The molecule has 0 bridgehead atoms. The van der Waals surface area contributed by atoms with Crippen LogP contribution >= 0.6 is 11.6 Å². The number of rotatable bonds is 1. The van der Waals surface area contributed by atoms with E-state index in [2.05, 4.69) is 4.98 Å². The Balaban J connectivity index is 1.83. The monoisotopic (exact) mass is 266 g/mol. The Kier molecular flexibility index (Phi) is 3.22. The standard InChI is InChI=1S/C13H15ClN2O2/c14-12-8-9(4-5-15-12)13(17)16-6-7-18-11-3-1-2-10(11)16/h4-5,8,10-11H,1-3,6-7H2. The van der Waals surface area contributed by atoms with Crippen LogP contribution < -0.4 is 0 Å². The second-order valence-electron chi connectivity index (χ2n) is 4.77. The topological polar surface area (TPSA) is 42.4 Å². The predicted molar refractivity (Wildman–Crippen MR) is 67.7 cm³/mol. The van der Waals surface area contributed by atoms with Crippen LogP contribution in [0.3, 0.4) is 0 Å². The lowest BCUT2D eigenvalue weighted by molar-refractivity contribution is -0.0445. The van der Waals surface area contributed by atoms with Gasteiger partial charge in [-0.05, 0) is 31.4 Å². The molecule has 0 N–H and O–H groups in total. The van der Waals surface area contributed by atoms with Crippen LogP contribution in [0.2, 0.25) is 5.15 Å². The van der Waals surface area contributed by atoms with Gasteiger partial charge in [-0.3, -0.25) is 4.79 Å². The zero-order chi connectivity index (χ0) is 12.5. The van der Waals surface area contributed by atoms with Gasteiger partial charge in [0.1, 0.15) is 5.15 Å². The second kappa shape index (κ2) is 4.86. The Morgan fingerprint density at radius 3 is 3.22 bits per heavy atom. The van der Waals surface area contributed by atoms with Crippen LogP contribution in [0.5, 0.6) is 0 Å². The number of hydrogen-bond donors (Lipinski definition) is 0. The van der Waals surface area contributed by atoms with Crippen molar-refractivity contribution in [2.24, 2.45) is 0 Å². The molecule has 1 saturated carbocycles. The number of aromatic nitrogens is 1. The first kappa shape index (κ1) is 11.9. The molecule has 0 spiro atoms. The molecule has 3 rings (SSSR count). The largest absolute Gasteiger partial charge is 0.374 e. The van der Waals surface area contributed by atoms with E-state index in [0.29, 0.717) is 23.9 Å². The number of pyridine rings is 1. The van der Waals surface area contributed by atoms with E-state index in [-0.39, 0.29) is 18.1 Å². The van der Waals surface area contributed by atoms with Crippen molar-refractivity contribution in [1.82, 2.24) is 9.88 Å². The molecule has 2 fully saturated rings. The van der Waals surface area contributed by atoms with Crippen LogP contribution in [-0.2, 0) is 4.74 Å². The highest BCUT2D eigenvalue weighted by Crippen LogP contribution is 2.30. The second-order valence-corrected chi connectivity index (χ2v) is 5.16. The van der Waals surface area contributed by atoms with Gasteiger partial charge < -0.3 is 9.64 Å². The van der Waals surface area contributed by atoms with E-state index >= 15 is 0 Å². The maximum atomic E-state index is 12.5. The summed E-state index contributed by atoms with van der Waals surface area (Å²) in [5, 5.41) is 0.358. The number of halogens is 1. The number of carbonyl (C=O) groups excluding carboxylic acids is 1. The number of hydrogen-bond acceptors (Lipinski definition) is 3. The van der Waals surface area contributed by atoms with Gasteiger partial charge in [0, 0.05) is 18.3 Å². The molecule has 2 unspecified atom stereocenters. The van der Waals surface area contributed by atoms with Crippen LogP contribution in [0.15, 0.2) is 18.3 Å². The summed E-state index contributed by atoms with van der Waals surface area (Å²) in [7, 11) is 0. The maximum Gasteiger partial charge on any atom is 0.254 e. The molecule has 1 aliphatic heterocycles. The molecule has 1 aromatic heterocycles. The van der Waals surface area contributed by atoms with E-state index in [9.17, 15) is 4.79 Å². The van der Waals surface area contributed by atoms with Gasteiger partial charge >= 0.3 is 0 Å². The highest BCUT2D eigenvalue weighted by Gasteiger charge is 2.38. The third-order valence-corrected chi connectivity index (χ3v) is 3.92. The van der Waals surface area contributed by atoms with Gasteiger partial charge in [-0.1, -0.05) is 11.6 Å². The molecular weight excluding hydrogens is 252 g/mol. The lowest BCUT2D eigenvalue weighted by Crippen LogP contribution is -2.51. The van der Waals surface area contributed by atoms with Gasteiger partial charge in [0.15, 0.2) is 0 Å². The van der Waals surface area contributed by atoms with Crippen LogP contribution in [0.4, 0.5) is 0 Å². The molecular formula is C13H15ClN2O2. The predicted octanol–water partition coefficient (Wildman–Crippen LogP) is 2.13. The molecule has 1 saturated heterocycles. The number of ether oxygens (including phenoxy) is 1. The minimum atomic E-state index is 0.0412. The summed E-state index contributed by atoms with van der Waals surface area (Å²) in [4.78, 5) is 18.3. The number of morpholine rings is 1. The molecule has 2 heterocycles. The number of carbonyl (C=O) groups is 1. The van der Waals surface area contributed by atoms with Crippen molar-refractivity contribution in [2.45, 2.75) is 31.4 Å². The average Bonchev–Trinajstić information content (AvgIpc) is 2.86. The van der Waals surface area contributed by atoms with Crippen LogP contribution in [0, 0.1) is 0 Å². The fraction of sp³-hybridized carbons (Fsp3) is 0.538. The first-order valence-corrected chi connectivity index (χ1v) is 6.67. The quantitative estimate of drug-likeness (QED) is 0.732. The van der Waals surface area contributed by atoms with Crippen molar-refractivity contribution in [1.29, 1.82) is 0 Å². The number of fused-ring (bicyclic) bond motifs is 1. The van der Waals surface area contributed by atoms with Crippen molar-refractivity contribution in [3.63, 3.8) is 0 Å². The smallest absolute Gasteiger partial charge is 0.254 e. The summed E-state index contributed by atoms with van der Waals surface area (Å²) < 4.78 is 5.71. The Hall–Kier alpha value is -1.13. The number of amides is 1. The molecule has 5 heteroatoms. The van der Waals surface area contributed by atoms with Gasteiger partial charge in [0.2, 0.25) is 0 Å². The Morgan fingerprint density at radius 1 is 1.50 bits per heavy atom. The normalized spacial score (nSPS) is 27.1. The van der Waals surface area contributed by atoms with E-state index in [1.807, 2.05) is 4.90 Å².